The van der Waals surface area contributed by atoms with E-state index in [2.05, 4.69) is 9.98 Å². The van der Waals surface area contributed by atoms with E-state index in [-0.39, 0.29) is 5.84 Å². The first-order valence-corrected chi connectivity index (χ1v) is 5.61. The smallest absolute Gasteiger partial charge is 0.370 e. The van der Waals surface area contributed by atoms with Crippen molar-refractivity contribution in [3.05, 3.63) is 29.0 Å². The van der Waals surface area contributed by atoms with E-state index >= 15 is 0 Å². The Morgan fingerprint density at radius 1 is 1.53 bits per heavy atom. The molecule has 0 unspecified atom stereocenters. The van der Waals surface area contributed by atoms with Gasteiger partial charge in [-0.25, -0.2) is 4.79 Å². The molecule has 0 aliphatic heterocycles. The fraction of sp³-hybridized carbons (Fsp3) is 0.364. The second kappa shape index (κ2) is 6.85. The van der Waals surface area contributed by atoms with Crippen LogP contribution in [0.5, 0.6) is 0 Å². The molecular formula is C11H14ClN3O2. The van der Waals surface area contributed by atoms with Crippen LogP contribution in [0.25, 0.3) is 0 Å². The van der Waals surface area contributed by atoms with Gasteiger partial charge in [-0.1, -0.05) is 11.6 Å². The van der Waals surface area contributed by atoms with Gasteiger partial charge in [0, 0.05) is 12.7 Å². The van der Waals surface area contributed by atoms with E-state index in [0.29, 0.717) is 11.6 Å². The molecule has 92 valence electrons. The van der Waals surface area contributed by atoms with Crippen LogP contribution in [0.4, 0.5) is 0 Å². The van der Waals surface area contributed by atoms with Crippen molar-refractivity contribution in [3.63, 3.8) is 0 Å². The summed E-state index contributed by atoms with van der Waals surface area (Å²) in [5.41, 5.74) is 6.00. The van der Waals surface area contributed by atoms with Crippen molar-refractivity contribution in [2.75, 3.05) is 6.54 Å². The van der Waals surface area contributed by atoms with Crippen molar-refractivity contribution < 1.29 is 9.90 Å². The number of nitrogens with zero attached hydrogens (tertiary/aromatic N) is 2. The number of unbranched alkanes of at least 4 members (excludes halogenated alkanes) is 1. The van der Waals surface area contributed by atoms with Gasteiger partial charge in [0.2, 0.25) is 5.84 Å². The molecule has 0 fully saturated rings. The largest absolute Gasteiger partial charge is 0.475 e. The minimum Gasteiger partial charge on any atom is -0.475 e. The molecule has 5 nitrogen and oxygen atoms in total. The zero-order valence-corrected chi connectivity index (χ0v) is 10.0. The Labute approximate surface area is 104 Å². The Balaban J connectivity index is 2.28. The van der Waals surface area contributed by atoms with Crippen molar-refractivity contribution in [2.24, 2.45) is 10.7 Å². The van der Waals surface area contributed by atoms with Crippen LogP contribution >= 0.6 is 11.6 Å². The third-order valence-electron chi connectivity index (χ3n) is 2.16. The Hall–Kier alpha value is -1.62. The van der Waals surface area contributed by atoms with Crippen molar-refractivity contribution in [3.8, 4) is 0 Å². The summed E-state index contributed by atoms with van der Waals surface area (Å²) >= 11 is 5.94. The lowest BCUT2D eigenvalue weighted by molar-refractivity contribution is -0.129. The molecule has 1 aromatic heterocycles. The topological polar surface area (TPSA) is 88.6 Å². The van der Waals surface area contributed by atoms with Gasteiger partial charge in [-0.05, 0) is 31.4 Å². The third kappa shape index (κ3) is 4.82. The van der Waals surface area contributed by atoms with E-state index < -0.39 is 5.97 Å². The minimum atomic E-state index is -1.18. The molecule has 1 rings (SSSR count). The lowest BCUT2D eigenvalue weighted by Crippen LogP contribution is -2.23. The standard InChI is InChI=1S/C11H14ClN3O2/c12-8-4-3-7-14-9(8)5-1-2-6-15-10(13)11(16)17/h3-4,7H,1-2,5-6H2,(H2,13,15)(H,16,17). The second-order valence-electron chi connectivity index (χ2n) is 3.46. The van der Waals surface area contributed by atoms with E-state index in [4.69, 9.17) is 22.4 Å². The van der Waals surface area contributed by atoms with Crippen molar-refractivity contribution in [1.29, 1.82) is 0 Å². The maximum atomic E-state index is 10.3. The Bertz CT molecular complexity index is 421. The summed E-state index contributed by atoms with van der Waals surface area (Å²) in [7, 11) is 0. The molecule has 0 aliphatic carbocycles. The molecule has 0 aliphatic rings. The van der Waals surface area contributed by atoms with Gasteiger partial charge in [0.15, 0.2) is 0 Å². The van der Waals surface area contributed by atoms with Gasteiger partial charge in [-0.15, -0.1) is 0 Å². The molecule has 6 heteroatoms. The van der Waals surface area contributed by atoms with Crippen LogP contribution in [0.1, 0.15) is 18.5 Å². The van der Waals surface area contributed by atoms with Crippen LogP contribution in [0, 0.1) is 0 Å². The minimum absolute atomic E-state index is 0.346. The summed E-state index contributed by atoms with van der Waals surface area (Å²) in [6, 6.07) is 3.58. The SMILES string of the molecule is NC(=NCCCCc1ncccc1Cl)C(=O)O. The number of hydrogen-bond donors (Lipinski definition) is 2. The van der Waals surface area contributed by atoms with Crippen LogP contribution in [0.2, 0.25) is 5.02 Å². The van der Waals surface area contributed by atoms with E-state index in [1.807, 2.05) is 0 Å². The second-order valence-corrected chi connectivity index (χ2v) is 3.87. The monoisotopic (exact) mass is 255 g/mol. The van der Waals surface area contributed by atoms with Crippen molar-refractivity contribution in [1.82, 2.24) is 4.98 Å². The number of aliphatic imine (C=N–C) groups is 1. The van der Waals surface area contributed by atoms with E-state index in [1.165, 1.54) is 0 Å². The van der Waals surface area contributed by atoms with E-state index in [1.54, 1.807) is 18.3 Å². The zero-order chi connectivity index (χ0) is 12.7. The highest BCUT2D eigenvalue weighted by Crippen LogP contribution is 2.14. The first-order chi connectivity index (χ1) is 8.11. The van der Waals surface area contributed by atoms with Crippen LogP contribution < -0.4 is 5.73 Å². The fourth-order valence-corrected chi connectivity index (χ4v) is 1.49. The number of aryl methyl sites for hydroxylation is 1. The molecule has 0 amide bonds. The molecule has 17 heavy (non-hydrogen) atoms. The summed E-state index contributed by atoms with van der Waals surface area (Å²) in [6.45, 7) is 0.405. The number of carboxylic acids is 1. The molecule has 0 atom stereocenters. The van der Waals surface area contributed by atoms with E-state index in [9.17, 15) is 4.79 Å². The van der Waals surface area contributed by atoms with Gasteiger partial charge in [0.05, 0.1) is 10.7 Å². The number of pyridine rings is 1. The number of carbonyl (C=O) groups is 1. The molecule has 3 N–H and O–H groups in total. The van der Waals surface area contributed by atoms with Gasteiger partial charge in [-0.2, -0.15) is 0 Å². The van der Waals surface area contributed by atoms with Gasteiger partial charge >= 0.3 is 5.97 Å². The molecule has 1 aromatic rings. The third-order valence-corrected chi connectivity index (χ3v) is 2.50. The fourth-order valence-electron chi connectivity index (χ4n) is 1.27. The number of nitrogens with two attached hydrogens (primary N) is 1. The number of hydrogen-bond acceptors (Lipinski definition) is 3. The Kier molecular flexibility index (Phi) is 5.42. The van der Waals surface area contributed by atoms with Crippen LogP contribution in [-0.2, 0) is 11.2 Å². The first-order valence-electron chi connectivity index (χ1n) is 5.24. The average Bonchev–Trinajstić information content (AvgIpc) is 2.30. The number of aromatic nitrogens is 1. The van der Waals surface area contributed by atoms with Crippen LogP contribution in [0.15, 0.2) is 23.3 Å². The molecule has 0 radical (unpaired) electrons. The summed E-state index contributed by atoms with van der Waals surface area (Å²) in [5.74, 6) is -1.53. The first kappa shape index (κ1) is 13.4. The number of halogens is 1. The summed E-state index contributed by atoms with van der Waals surface area (Å²) in [5, 5.41) is 9.12. The molecule has 0 aromatic carbocycles. The molecule has 0 saturated heterocycles. The van der Waals surface area contributed by atoms with Crippen molar-refractivity contribution >= 4 is 23.4 Å². The van der Waals surface area contributed by atoms with Gasteiger partial charge < -0.3 is 10.8 Å². The predicted molar refractivity (Wildman–Crippen MR) is 66.3 cm³/mol. The number of amidine groups is 1. The lowest BCUT2D eigenvalue weighted by atomic mass is 10.2. The quantitative estimate of drug-likeness (QED) is 0.474. The highest BCUT2D eigenvalue weighted by atomic mass is 35.5. The number of carboxylic acid groups (broad SMARTS) is 1. The lowest BCUT2D eigenvalue weighted by Gasteiger charge is -2.01. The summed E-state index contributed by atoms with van der Waals surface area (Å²) in [4.78, 5) is 18.2. The predicted octanol–water partition coefficient (Wildman–Crippen LogP) is 1.50. The van der Waals surface area contributed by atoms with Gasteiger partial charge in [0.25, 0.3) is 0 Å². The van der Waals surface area contributed by atoms with Crippen molar-refractivity contribution in [2.45, 2.75) is 19.3 Å². The summed E-state index contributed by atoms with van der Waals surface area (Å²) < 4.78 is 0. The summed E-state index contributed by atoms with van der Waals surface area (Å²) in [6.07, 6.45) is 4.04. The molecule has 0 spiro atoms. The number of aliphatic carboxylic acids is 1. The Morgan fingerprint density at radius 3 is 2.94 bits per heavy atom. The van der Waals surface area contributed by atoms with Gasteiger partial charge in [0.1, 0.15) is 0 Å². The highest BCUT2D eigenvalue weighted by Gasteiger charge is 2.02. The maximum Gasteiger partial charge on any atom is 0.370 e. The van der Waals surface area contributed by atoms with Gasteiger partial charge in [-0.3, -0.25) is 9.98 Å². The maximum absolute atomic E-state index is 10.3. The molecule has 0 bridgehead atoms. The van der Waals surface area contributed by atoms with Crippen LogP contribution in [0.3, 0.4) is 0 Å². The van der Waals surface area contributed by atoms with E-state index in [0.717, 1.165) is 25.0 Å². The highest BCUT2D eigenvalue weighted by molar-refractivity contribution is 6.33. The Morgan fingerprint density at radius 2 is 2.29 bits per heavy atom. The average molecular weight is 256 g/mol. The zero-order valence-electron chi connectivity index (χ0n) is 9.27. The van der Waals surface area contributed by atoms with Crippen LogP contribution in [-0.4, -0.2) is 28.4 Å². The molecular weight excluding hydrogens is 242 g/mol. The number of rotatable bonds is 5. The molecule has 1 heterocycles. The molecule has 0 saturated carbocycles. The normalized spacial score (nSPS) is 11.5.